The zero-order valence-corrected chi connectivity index (χ0v) is 14.3. The van der Waals surface area contributed by atoms with Crippen LogP contribution in [0, 0.1) is 5.92 Å². The van der Waals surface area contributed by atoms with Crippen LogP contribution in [0.3, 0.4) is 0 Å². The summed E-state index contributed by atoms with van der Waals surface area (Å²) in [7, 11) is 1.76. The Morgan fingerprint density at radius 3 is 3.00 bits per heavy atom. The van der Waals surface area contributed by atoms with E-state index in [4.69, 9.17) is 4.74 Å². The number of guanidine groups is 1. The summed E-state index contributed by atoms with van der Waals surface area (Å²) in [6.07, 6.45) is 5.14. The van der Waals surface area contributed by atoms with Gasteiger partial charge >= 0.3 is 0 Å². The molecule has 0 bridgehead atoms. The van der Waals surface area contributed by atoms with Crippen LogP contribution in [0.5, 0.6) is 0 Å². The Morgan fingerprint density at radius 2 is 2.27 bits per heavy atom. The molecule has 0 amide bonds. The van der Waals surface area contributed by atoms with Crippen LogP contribution in [0.25, 0.3) is 4.96 Å². The lowest BCUT2D eigenvalue weighted by Crippen LogP contribution is -2.38. The highest BCUT2D eigenvalue weighted by Gasteiger charge is 2.03. The van der Waals surface area contributed by atoms with Crippen LogP contribution >= 0.6 is 11.3 Å². The topological polar surface area (TPSA) is 63.0 Å². The fourth-order valence-electron chi connectivity index (χ4n) is 1.92. The maximum Gasteiger partial charge on any atom is 0.193 e. The number of fused-ring (bicyclic) bond motifs is 1. The van der Waals surface area contributed by atoms with E-state index in [0.29, 0.717) is 19.1 Å². The number of nitrogens with zero attached hydrogens (tertiary/aromatic N) is 3. The molecule has 0 aliphatic carbocycles. The van der Waals surface area contributed by atoms with Crippen LogP contribution in [0.4, 0.5) is 0 Å². The van der Waals surface area contributed by atoms with Crippen molar-refractivity contribution in [3.63, 3.8) is 0 Å². The monoisotopic (exact) mass is 323 g/mol. The molecule has 2 N–H and O–H groups in total. The molecule has 0 aliphatic rings. The van der Waals surface area contributed by atoms with E-state index in [1.165, 1.54) is 0 Å². The van der Waals surface area contributed by atoms with Crippen molar-refractivity contribution in [2.45, 2.75) is 26.8 Å². The summed E-state index contributed by atoms with van der Waals surface area (Å²) in [4.78, 5) is 9.74. The largest absolute Gasteiger partial charge is 0.380 e. The summed E-state index contributed by atoms with van der Waals surface area (Å²) in [6, 6.07) is 0. The number of imidazole rings is 1. The highest BCUT2D eigenvalue weighted by molar-refractivity contribution is 7.15. The van der Waals surface area contributed by atoms with E-state index in [1.807, 2.05) is 22.2 Å². The molecule has 2 aromatic heterocycles. The summed E-state index contributed by atoms with van der Waals surface area (Å²) in [5.41, 5.74) is 1.00. The lowest BCUT2D eigenvalue weighted by atomic mass is 10.1. The first-order valence-corrected chi connectivity index (χ1v) is 8.50. The Labute approximate surface area is 135 Å². The molecular weight excluding hydrogens is 298 g/mol. The molecule has 22 heavy (non-hydrogen) atoms. The van der Waals surface area contributed by atoms with Crippen LogP contribution in [0.1, 0.15) is 26.0 Å². The normalized spacial score (nSPS) is 12.3. The van der Waals surface area contributed by atoms with Gasteiger partial charge in [0.15, 0.2) is 10.9 Å². The molecule has 0 saturated carbocycles. The second-order valence-electron chi connectivity index (χ2n) is 5.47. The first-order valence-electron chi connectivity index (χ1n) is 7.62. The minimum atomic E-state index is 0.655. The Hall–Kier alpha value is -1.60. The van der Waals surface area contributed by atoms with Crippen LogP contribution in [0.15, 0.2) is 22.8 Å². The molecule has 0 aliphatic heterocycles. The van der Waals surface area contributed by atoms with Crippen LogP contribution in [-0.2, 0) is 11.3 Å². The van der Waals surface area contributed by atoms with E-state index in [1.54, 1.807) is 18.4 Å². The van der Waals surface area contributed by atoms with Gasteiger partial charge in [-0.25, -0.2) is 4.98 Å². The van der Waals surface area contributed by atoms with Gasteiger partial charge < -0.3 is 15.4 Å². The van der Waals surface area contributed by atoms with Crippen LogP contribution in [-0.4, -0.2) is 42.2 Å². The molecule has 2 rings (SSSR count). The molecule has 2 aromatic rings. The van der Waals surface area contributed by atoms with Crippen LogP contribution < -0.4 is 10.6 Å². The van der Waals surface area contributed by atoms with Gasteiger partial charge in [0.05, 0.1) is 18.8 Å². The zero-order valence-electron chi connectivity index (χ0n) is 13.5. The van der Waals surface area contributed by atoms with Crippen molar-refractivity contribution >= 4 is 22.3 Å². The molecular formula is C15H25N5OS. The van der Waals surface area contributed by atoms with Gasteiger partial charge in [0.1, 0.15) is 0 Å². The average Bonchev–Trinajstić information content (AvgIpc) is 3.06. The Bertz CT molecular complexity index is 561. The molecule has 0 fully saturated rings. The maximum absolute atomic E-state index is 5.57. The number of hydrogen-bond donors (Lipinski definition) is 2. The Kier molecular flexibility index (Phi) is 6.67. The molecule has 7 heteroatoms. The van der Waals surface area contributed by atoms with Gasteiger partial charge in [-0.15, -0.1) is 11.3 Å². The number of nitrogens with one attached hydrogen (secondary N) is 2. The van der Waals surface area contributed by atoms with Gasteiger partial charge in [0.25, 0.3) is 0 Å². The number of aromatic nitrogens is 2. The second kappa shape index (κ2) is 8.75. The van der Waals surface area contributed by atoms with Crippen molar-refractivity contribution in [2.24, 2.45) is 10.9 Å². The molecule has 0 saturated heterocycles. The predicted octanol–water partition coefficient (Wildman–Crippen LogP) is 2.12. The van der Waals surface area contributed by atoms with E-state index >= 15 is 0 Å². The highest BCUT2D eigenvalue weighted by atomic mass is 32.1. The standard InChI is InChI=1S/C15H25N5OS/c1-12(2)4-7-21-8-5-17-14(16-3)18-10-13-11-20-6-9-22-15(20)19-13/h6,9,11-12H,4-5,7-8,10H2,1-3H3,(H2,16,17,18). The molecule has 6 nitrogen and oxygen atoms in total. The highest BCUT2D eigenvalue weighted by Crippen LogP contribution is 2.10. The molecule has 2 heterocycles. The summed E-state index contributed by atoms with van der Waals surface area (Å²) >= 11 is 1.63. The van der Waals surface area contributed by atoms with Crippen molar-refractivity contribution in [1.82, 2.24) is 20.0 Å². The summed E-state index contributed by atoms with van der Waals surface area (Å²) < 4.78 is 7.60. The number of ether oxygens (including phenoxy) is 1. The lowest BCUT2D eigenvalue weighted by Gasteiger charge is -2.11. The third-order valence-electron chi connectivity index (χ3n) is 3.18. The number of aliphatic imine (C=N–C) groups is 1. The van der Waals surface area contributed by atoms with Gasteiger partial charge in [-0.3, -0.25) is 9.39 Å². The summed E-state index contributed by atoms with van der Waals surface area (Å²) in [5.74, 6) is 1.45. The number of rotatable bonds is 8. The zero-order chi connectivity index (χ0) is 15.8. The third-order valence-corrected chi connectivity index (χ3v) is 3.95. The van der Waals surface area contributed by atoms with Gasteiger partial charge in [-0.2, -0.15) is 0 Å². The van der Waals surface area contributed by atoms with Gasteiger partial charge in [-0.1, -0.05) is 13.8 Å². The Morgan fingerprint density at radius 1 is 1.41 bits per heavy atom. The summed E-state index contributed by atoms with van der Waals surface area (Å²) in [6.45, 7) is 7.31. The van der Waals surface area contributed by atoms with E-state index in [2.05, 4.69) is 34.5 Å². The van der Waals surface area contributed by atoms with E-state index < -0.39 is 0 Å². The molecule has 0 radical (unpaired) electrons. The van der Waals surface area contributed by atoms with Crippen molar-refractivity contribution in [1.29, 1.82) is 0 Å². The minimum absolute atomic E-state index is 0.655. The van der Waals surface area contributed by atoms with Gasteiger partial charge in [-0.05, 0) is 12.3 Å². The smallest absolute Gasteiger partial charge is 0.193 e. The first-order chi connectivity index (χ1) is 10.7. The fourth-order valence-corrected chi connectivity index (χ4v) is 2.64. The third kappa shape index (κ3) is 5.31. The predicted molar refractivity (Wildman–Crippen MR) is 91.5 cm³/mol. The molecule has 0 spiro atoms. The number of thiazole rings is 1. The molecule has 0 aromatic carbocycles. The maximum atomic E-state index is 5.57. The van der Waals surface area contributed by atoms with Crippen molar-refractivity contribution in [3.05, 3.63) is 23.5 Å². The van der Waals surface area contributed by atoms with Gasteiger partial charge in [0.2, 0.25) is 0 Å². The minimum Gasteiger partial charge on any atom is -0.380 e. The molecule has 122 valence electrons. The fraction of sp³-hybridized carbons (Fsp3) is 0.600. The van der Waals surface area contributed by atoms with Crippen molar-refractivity contribution < 1.29 is 4.74 Å². The molecule has 0 atom stereocenters. The Balaban J connectivity index is 1.64. The lowest BCUT2D eigenvalue weighted by molar-refractivity contribution is 0.128. The van der Waals surface area contributed by atoms with E-state index in [-0.39, 0.29) is 0 Å². The molecule has 0 unspecified atom stereocenters. The SMILES string of the molecule is CN=C(NCCOCCC(C)C)NCc1cn2ccsc2n1. The van der Waals surface area contributed by atoms with E-state index in [0.717, 1.165) is 36.2 Å². The summed E-state index contributed by atoms with van der Waals surface area (Å²) in [5, 5.41) is 8.52. The van der Waals surface area contributed by atoms with Crippen molar-refractivity contribution in [3.8, 4) is 0 Å². The van der Waals surface area contributed by atoms with E-state index in [9.17, 15) is 0 Å². The average molecular weight is 323 g/mol. The van der Waals surface area contributed by atoms with Crippen molar-refractivity contribution in [2.75, 3.05) is 26.8 Å². The first kappa shape index (κ1) is 16.8. The van der Waals surface area contributed by atoms with Gasteiger partial charge in [0, 0.05) is 38.0 Å². The quantitative estimate of drug-likeness (QED) is 0.444. The van der Waals surface area contributed by atoms with Crippen LogP contribution in [0.2, 0.25) is 0 Å². The number of hydrogen-bond acceptors (Lipinski definition) is 4. The second-order valence-corrected chi connectivity index (χ2v) is 6.35.